The number of allylic oxidation sites excluding steroid dienone is 1. The Morgan fingerprint density at radius 1 is 0.636 bits per heavy atom. The lowest BCUT2D eigenvalue weighted by molar-refractivity contribution is -0.455. The van der Waals surface area contributed by atoms with Gasteiger partial charge in [-0.1, -0.05) is 84.0 Å². The van der Waals surface area contributed by atoms with Crippen LogP contribution in [0.2, 0.25) is 0 Å². The Kier molecular flexibility index (Phi) is 13.5. The van der Waals surface area contributed by atoms with Crippen LogP contribution in [0.15, 0.2) is 12.3 Å². The first-order chi connectivity index (χ1) is 10.9. The molecule has 0 radical (unpaired) electrons. The summed E-state index contributed by atoms with van der Waals surface area (Å²) >= 11 is 0. The molecule has 0 N–H and O–H groups in total. The van der Waals surface area contributed by atoms with Gasteiger partial charge < -0.3 is 0 Å². The van der Waals surface area contributed by atoms with Crippen LogP contribution in [0.5, 0.6) is 0 Å². The quantitative estimate of drug-likeness (QED) is 0.230. The third-order valence-corrected chi connectivity index (χ3v) is 4.76. The minimum atomic E-state index is 1.23. The predicted molar refractivity (Wildman–Crippen MR) is 99.9 cm³/mol. The van der Waals surface area contributed by atoms with Gasteiger partial charge in [-0.15, -0.1) is 0 Å². The summed E-state index contributed by atoms with van der Waals surface area (Å²) in [5.74, 6) is 0. The molecule has 0 bridgehead atoms. The first-order valence-corrected chi connectivity index (χ1v) is 10.2. The highest BCUT2D eigenvalue weighted by molar-refractivity contribution is 5.52. The average Bonchev–Trinajstić information content (AvgIpc) is 2.56. The van der Waals surface area contributed by atoms with Crippen molar-refractivity contribution in [3.05, 3.63) is 12.3 Å². The lowest BCUT2D eigenvalue weighted by Gasteiger charge is -2.03. The molecule has 0 atom stereocenters. The van der Waals surface area contributed by atoms with Crippen LogP contribution in [0.3, 0.4) is 0 Å². The van der Waals surface area contributed by atoms with E-state index in [1.807, 2.05) is 0 Å². The standard InChI is InChI=1S/C21H40N/c1-2-3-4-5-6-7-8-9-10-11-12-13-14-16-19-22-20-17-15-18-21-22/h17,20-21H,2-16,18-19H2,1H3/q+1. The molecule has 1 aliphatic heterocycles. The number of hydrogen-bond acceptors (Lipinski definition) is 0. The Labute approximate surface area is 139 Å². The van der Waals surface area contributed by atoms with Crippen molar-refractivity contribution in [1.29, 1.82) is 0 Å². The van der Waals surface area contributed by atoms with Crippen LogP contribution in [0, 0.1) is 0 Å². The molecule has 1 heterocycles. The molecule has 1 heteroatoms. The minimum absolute atomic E-state index is 1.23. The molecule has 0 aromatic heterocycles. The molecule has 0 unspecified atom stereocenters. The van der Waals surface area contributed by atoms with E-state index in [-0.39, 0.29) is 0 Å². The van der Waals surface area contributed by atoms with E-state index in [1.54, 1.807) is 0 Å². The van der Waals surface area contributed by atoms with E-state index in [2.05, 4.69) is 30.0 Å². The molecule has 0 saturated heterocycles. The molecule has 1 rings (SSSR count). The second-order valence-corrected chi connectivity index (χ2v) is 6.98. The van der Waals surface area contributed by atoms with Gasteiger partial charge >= 0.3 is 0 Å². The Bertz CT molecular complexity index is 290. The summed E-state index contributed by atoms with van der Waals surface area (Å²) in [6, 6.07) is 0. The van der Waals surface area contributed by atoms with Crippen molar-refractivity contribution >= 4 is 6.21 Å². The molecule has 128 valence electrons. The van der Waals surface area contributed by atoms with E-state index in [4.69, 9.17) is 0 Å². The summed E-state index contributed by atoms with van der Waals surface area (Å²) in [6.45, 7) is 3.53. The average molecular weight is 307 g/mol. The van der Waals surface area contributed by atoms with E-state index >= 15 is 0 Å². The van der Waals surface area contributed by atoms with Crippen LogP contribution in [-0.2, 0) is 0 Å². The van der Waals surface area contributed by atoms with Crippen molar-refractivity contribution < 1.29 is 4.58 Å². The largest absolute Gasteiger partial charge is 0.209 e. The monoisotopic (exact) mass is 306 g/mol. The normalized spacial score (nSPS) is 14.3. The SMILES string of the molecule is CCCCCCCCCCCCCCCC[N+]1=CCCC=C1. The zero-order valence-corrected chi connectivity index (χ0v) is 15.2. The van der Waals surface area contributed by atoms with Crippen LogP contribution >= 0.6 is 0 Å². The second-order valence-electron chi connectivity index (χ2n) is 6.98. The van der Waals surface area contributed by atoms with Gasteiger partial charge in [0.25, 0.3) is 0 Å². The van der Waals surface area contributed by atoms with Crippen molar-refractivity contribution in [3.8, 4) is 0 Å². The van der Waals surface area contributed by atoms with Crippen LogP contribution in [0.4, 0.5) is 0 Å². The highest BCUT2D eigenvalue weighted by atomic mass is 15.0. The fourth-order valence-electron chi connectivity index (χ4n) is 3.26. The fraction of sp³-hybridized carbons (Fsp3) is 0.857. The molecule has 0 saturated carbocycles. The van der Waals surface area contributed by atoms with Crippen molar-refractivity contribution in [2.75, 3.05) is 6.54 Å². The summed E-state index contributed by atoms with van der Waals surface area (Å²) < 4.78 is 2.38. The number of nitrogens with zero attached hydrogens (tertiary/aromatic N) is 1. The molecule has 0 amide bonds. The zero-order valence-electron chi connectivity index (χ0n) is 15.2. The topological polar surface area (TPSA) is 3.01 Å². The highest BCUT2D eigenvalue weighted by Gasteiger charge is 2.03. The van der Waals surface area contributed by atoms with E-state index in [9.17, 15) is 0 Å². The summed E-state index contributed by atoms with van der Waals surface area (Å²) in [4.78, 5) is 0. The molecule has 0 aromatic carbocycles. The van der Waals surface area contributed by atoms with Gasteiger partial charge in [0, 0.05) is 12.8 Å². The molecule has 1 aliphatic rings. The van der Waals surface area contributed by atoms with E-state index < -0.39 is 0 Å². The van der Waals surface area contributed by atoms with Gasteiger partial charge in [0.1, 0.15) is 12.8 Å². The molecular weight excluding hydrogens is 266 g/mol. The van der Waals surface area contributed by atoms with E-state index in [1.165, 1.54) is 109 Å². The van der Waals surface area contributed by atoms with Crippen molar-refractivity contribution in [3.63, 3.8) is 0 Å². The molecule has 0 spiro atoms. The Balaban J connectivity index is 1.71. The lowest BCUT2D eigenvalue weighted by atomic mass is 10.0. The maximum Gasteiger partial charge on any atom is 0.164 e. The van der Waals surface area contributed by atoms with Gasteiger partial charge in [-0.2, -0.15) is 0 Å². The first kappa shape index (κ1) is 19.5. The Morgan fingerprint density at radius 3 is 1.59 bits per heavy atom. The number of unbranched alkanes of at least 4 members (excludes halogenated alkanes) is 13. The van der Waals surface area contributed by atoms with E-state index in [0.29, 0.717) is 0 Å². The third-order valence-electron chi connectivity index (χ3n) is 4.76. The second kappa shape index (κ2) is 15.3. The molecule has 22 heavy (non-hydrogen) atoms. The predicted octanol–water partition coefficient (Wildman–Crippen LogP) is 6.86. The smallest absolute Gasteiger partial charge is 0.164 e. The molecule has 0 aromatic rings. The van der Waals surface area contributed by atoms with E-state index in [0.717, 1.165) is 0 Å². The van der Waals surface area contributed by atoms with Gasteiger partial charge in [0.15, 0.2) is 6.20 Å². The molecule has 0 fully saturated rings. The maximum atomic E-state index is 2.38. The highest BCUT2D eigenvalue weighted by Crippen LogP contribution is 2.13. The van der Waals surface area contributed by atoms with Gasteiger partial charge in [-0.3, -0.25) is 0 Å². The van der Waals surface area contributed by atoms with Crippen LogP contribution < -0.4 is 0 Å². The van der Waals surface area contributed by atoms with Crippen LogP contribution in [0.25, 0.3) is 0 Å². The van der Waals surface area contributed by atoms with Crippen LogP contribution in [0.1, 0.15) is 110 Å². The fourth-order valence-corrected chi connectivity index (χ4v) is 3.26. The first-order valence-electron chi connectivity index (χ1n) is 10.2. The number of rotatable bonds is 15. The minimum Gasteiger partial charge on any atom is -0.209 e. The zero-order chi connectivity index (χ0) is 15.7. The van der Waals surface area contributed by atoms with Gasteiger partial charge in [-0.05, 0) is 18.9 Å². The third kappa shape index (κ3) is 12.0. The van der Waals surface area contributed by atoms with Gasteiger partial charge in [-0.25, -0.2) is 4.58 Å². The molecular formula is C21H40N+. The van der Waals surface area contributed by atoms with Crippen molar-refractivity contribution in [1.82, 2.24) is 0 Å². The van der Waals surface area contributed by atoms with Gasteiger partial charge in [0.05, 0.1) is 0 Å². The lowest BCUT2D eigenvalue weighted by Crippen LogP contribution is -2.10. The van der Waals surface area contributed by atoms with Crippen molar-refractivity contribution in [2.24, 2.45) is 0 Å². The van der Waals surface area contributed by atoms with Crippen molar-refractivity contribution in [2.45, 2.75) is 110 Å². The maximum absolute atomic E-state index is 2.38. The van der Waals surface area contributed by atoms with Gasteiger partial charge in [0.2, 0.25) is 0 Å². The molecule has 1 nitrogen and oxygen atoms in total. The summed E-state index contributed by atoms with van der Waals surface area (Å²) in [5.41, 5.74) is 0. The van der Waals surface area contributed by atoms with Crippen LogP contribution in [-0.4, -0.2) is 17.3 Å². The Morgan fingerprint density at radius 2 is 1.14 bits per heavy atom. The Hall–Kier alpha value is -0.590. The summed E-state index contributed by atoms with van der Waals surface area (Å²) in [6.07, 6.45) is 29.6. The number of hydrogen-bond donors (Lipinski definition) is 0. The summed E-state index contributed by atoms with van der Waals surface area (Å²) in [5, 5.41) is 0. The molecule has 0 aliphatic carbocycles. The summed E-state index contributed by atoms with van der Waals surface area (Å²) in [7, 11) is 0.